The van der Waals surface area contributed by atoms with Gasteiger partial charge in [0, 0.05) is 13.6 Å². The molecular weight excluding hydrogens is 500 g/mol. The lowest BCUT2D eigenvalue weighted by molar-refractivity contribution is -0.128. The number of rotatable bonds is 13. The SMILES string of the molecule is CNC(=O)c1coc(C(O)C(CCc2ccccc2)NC(=O)C(CC(C)C)N(Cc2ccccc2)C(=O)O)n1. The van der Waals surface area contributed by atoms with E-state index in [9.17, 15) is 24.6 Å². The van der Waals surface area contributed by atoms with Gasteiger partial charge in [-0.15, -0.1) is 0 Å². The van der Waals surface area contributed by atoms with E-state index >= 15 is 0 Å². The van der Waals surface area contributed by atoms with Crippen LogP contribution >= 0.6 is 0 Å². The molecule has 1 heterocycles. The van der Waals surface area contributed by atoms with Crippen LogP contribution in [0.25, 0.3) is 0 Å². The summed E-state index contributed by atoms with van der Waals surface area (Å²) in [5, 5.41) is 26.6. The maximum absolute atomic E-state index is 13.7. The van der Waals surface area contributed by atoms with Crippen molar-refractivity contribution in [3.63, 3.8) is 0 Å². The number of hydrogen-bond acceptors (Lipinski definition) is 6. The summed E-state index contributed by atoms with van der Waals surface area (Å²) < 4.78 is 5.38. The maximum atomic E-state index is 13.7. The van der Waals surface area contributed by atoms with Gasteiger partial charge in [0.15, 0.2) is 11.8 Å². The number of benzene rings is 2. The zero-order chi connectivity index (χ0) is 28.4. The summed E-state index contributed by atoms with van der Waals surface area (Å²) in [6.45, 7) is 3.86. The third-order valence-electron chi connectivity index (χ3n) is 6.35. The van der Waals surface area contributed by atoms with Gasteiger partial charge in [0.25, 0.3) is 5.91 Å². The van der Waals surface area contributed by atoms with Crippen molar-refractivity contribution in [3.05, 3.63) is 89.6 Å². The summed E-state index contributed by atoms with van der Waals surface area (Å²) in [7, 11) is 1.45. The first-order valence-electron chi connectivity index (χ1n) is 12.9. The van der Waals surface area contributed by atoms with Crippen molar-refractivity contribution in [1.82, 2.24) is 20.5 Å². The lowest BCUT2D eigenvalue weighted by Gasteiger charge is -2.32. The van der Waals surface area contributed by atoms with E-state index in [1.807, 2.05) is 62.4 Å². The van der Waals surface area contributed by atoms with Crippen LogP contribution in [0.1, 0.15) is 60.3 Å². The van der Waals surface area contributed by atoms with Crippen molar-refractivity contribution >= 4 is 17.9 Å². The molecule has 0 fully saturated rings. The van der Waals surface area contributed by atoms with E-state index in [0.29, 0.717) is 12.8 Å². The molecule has 10 heteroatoms. The van der Waals surface area contributed by atoms with E-state index in [0.717, 1.165) is 22.3 Å². The molecule has 3 amide bonds. The summed E-state index contributed by atoms with van der Waals surface area (Å²) in [6.07, 6.45) is -0.331. The van der Waals surface area contributed by atoms with Crippen LogP contribution in [0.4, 0.5) is 4.79 Å². The molecule has 0 bridgehead atoms. The molecule has 39 heavy (non-hydrogen) atoms. The lowest BCUT2D eigenvalue weighted by Crippen LogP contribution is -2.53. The van der Waals surface area contributed by atoms with Gasteiger partial charge in [-0.25, -0.2) is 9.78 Å². The van der Waals surface area contributed by atoms with Crippen molar-refractivity contribution in [2.45, 2.75) is 57.8 Å². The number of amides is 3. The van der Waals surface area contributed by atoms with Crippen LogP contribution in [-0.4, -0.2) is 57.1 Å². The molecule has 0 aliphatic rings. The van der Waals surface area contributed by atoms with Gasteiger partial charge < -0.3 is 25.3 Å². The zero-order valence-corrected chi connectivity index (χ0v) is 22.4. The molecule has 3 aromatic rings. The maximum Gasteiger partial charge on any atom is 0.408 e. The molecule has 2 aromatic carbocycles. The average Bonchev–Trinajstić information content (AvgIpc) is 3.43. The Kier molecular flexibility index (Phi) is 10.6. The van der Waals surface area contributed by atoms with Crippen molar-refractivity contribution in [1.29, 1.82) is 0 Å². The Balaban J connectivity index is 1.87. The van der Waals surface area contributed by atoms with E-state index in [2.05, 4.69) is 15.6 Å². The third kappa shape index (κ3) is 8.41. The summed E-state index contributed by atoms with van der Waals surface area (Å²) in [4.78, 5) is 43.2. The lowest BCUT2D eigenvalue weighted by atomic mass is 9.98. The van der Waals surface area contributed by atoms with Crippen LogP contribution in [0.3, 0.4) is 0 Å². The van der Waals surface area contributed by atoms with Gasteiger partial charge in [0.05, 0.1) is 6.04 Å². The number of aliphatic hydroxyl groups excluding tert-OH is 1. The smallest absolute Gasteiger partial charge is 0.408 e. The number of nitrogens with one attached hydrogen (secondary N) is 2. The predicted molar refractivity (Wildman–Crippen MR) is 145 cm³/mol. The molecule has 3 atom stereocenters. The fraction of sp³-hybridized carbons (Fsp3) is 0.379. The molecule has 0 aliphatic carbocycles. The molecular formula is C29H36N4O6. The summed E-state index contributed by atoms with van der Waals surface area (Å²) in [5.74, 6) is -1.10. The fourth-order valence-electron chi connectivity index (χ4n) is 4.30. The highest BCUT2D eigenvalue weighted by molar-refractivity contribution is 5.91. The minimum atomic E-state index is -1.37. The van der Waals surface area contributed by atoms with Crippen LogP contribution in [0, 0.1) is 5.92 Å². The van der Waals surface area contributed by atoms with Gasteiger partial charge >= 0.3 is 6.09 Å². The number of nitrogens with zero attached hydrogens (tertiary/aromatic N) is 2. The van der Waals surface area contributed by atoms with Crippen LogP contribution < -0.4 is 10.6 Å². The monoisotopic (exact) mass is 536 g/mol. The van der Waals surface area contributed by atoms with Gasteiger partial charge in [-0.05, 0) is 36.3 Å². The molecule has 0 spiro atoms. The Labute approximate surface area is 228 Å². The summed E-state index contributed by atoms with van der Waals surface area (Å²) >= 11 is 0. The van der Waals surface area contributed by atoms with Crippen molar-refractivity contribution in [2.24, 2.45) is 5.92 Å². The first-order chi connectivity index (χ1) is 18.7. The van der Waals surface area contributed by atoms with Gasteiger partial charge in [-0.3, -0.25) is 14.5 Å². The van der Waals surface area contributed by atoms with Gasteiger partial charge in [-0.2, -0.15) is 0 Å². The molecule has 0 saturated carbocycles. The number of carbonyl (C=O) groups excluding carboxylic acids is 2. The summed E-state index contributed by atoms with van der Waals surface area (Å²) in [6, 6.07) is 16.8. The molecule has 3 rings (SSSR count). The minimum Gasteiger partial charge on any atom is -0.465 e. The highest BCUT2D eigenvalue weighted by Gasteiger charge is 2.34. The highest BCUT2D eigenvalue weighted by atomic mass is 16.4. The van der Waals surface area contributed by atoms with Gasteiger partial charge in [0.1, 0.15) is 12.3 Å². The Bertz CT molecular complexity index is 1210. The number of oxazole rings is 1. The highest BCUT2D eigenvalue weighted by Crippen LogP contribution is 2.23. The van der Waals surface area contributed by atoms with E-state index in [-0.39, 0.29) is 30.5 Å². The van der Waals surface area contributed by atoms with Crippen LogP contribution in [-0.2, 0) is 17.8 Å². The Morgan fingerprint density at radius 1 is 1.00 bits per heavy atom. The molecule has 1 aromatic heterocycles. The minimum absolute atomic E-state index is 0.00252. The third-order valence-corrected chi connectivity index (χ3v) is 6.35. The number of aromatic nitrogens is 1. The first kappa shape index (κ1) is 29.4. The normalized spacial score (nSPS) is 13.4. The second-order valence-corrected chi connectivity index (χ2v) is 9.78. The van der Waals surface area contributed by atoms with Gasteiger partial charge in [-0.1, -0.05) is 74.5 Å². The fourth-order valence-corrected chi connectivity index (χ4v) is 4.30. The Morgan fingerprint density at radius 3 is 2.18 bits per heavy atom. The number of aliphatic hydroxyl groups is 1. The number of hydrogen-bond donors (Lipinski definition) is 4. The zero-order valence-electron chi connectivity index (χ0n) is 22.4. The van der Waals surface area contributed by atoms with E-state index < -0.39 is 36.1 Å². The molecule has 4 N–H and O–H groups in total. The molecule has 0 saturated heterocycles. The van der Waals surface area contributed by atoms with E-state index in [1.165, 1.54) is 7.05 Å². The molecule has 10 nitrogen and oxygen atoms in total. The number of carbonyl (C=O) groups is 3. The molecule has 0 aliphatic heterocycles. The second kappa shape index (κ2) is 14.1. The second-order valence-electron chi connectivity index (χ2n) is 9.78. The Hall–Kier alpha value is -4.18. The van der Waals surface area contributed by atoms with E-state index in [4.69, 9.17) is 4.42 Å². The van der Waals surface area contributed by atoms with E-state index in [1.54, 1.807) is 12.1 Å². The quantitative estimate of drug-likeness (QED) is 0.260. The Morgan fingerprint density at radius 2 is 1.62 bits per heavy atom. The molecule has 0 radical (unpaired) electrons. The summed E-state index contributed by atoms with van der Waals surface area (Å²) in [5.41, 5.74) is 1.75. The molecule has 3 unspecified atom stereocenters. The van der Waals surface area contributed by atoms with Crippen LogP contribution in [0.15, 0.2) is 71.3 Å². The largest absolute Gasteiger partial charge is 0.465 e. The standard InChI is InChI=1S/C29H36N4O6/c1-19(2)16-24(33(29(37)38)17-21-12-8-5-9-13-21)27(36)31-22(15-14-20-10-6-4-7-11-20)25(34)28-32-23(18-39-28)26(35)30-3/h4-13,18-19,22,24-25,34H,14-17H2,1-3H3,(H,30,35)(H,31,36)(H,37,38). The van der Waals surface area contributed by atoms with Crippen LogP contribution in [0.5, 0.6) is 0 Å². The topological polar surface area (TPSA) is 145 Å². The van der Waals surface area contributed by atoms with Crippen molar-refractivity contribution < 1.29 is 29.0 Å². The average molecular weight is 537 g/mol. The van der Waals surface area contributed by atoms with Crippen LogP contribution in [0.2, 0.25) is 0 Å². The van der Waals surface area contributed by atoms with Gasteiger partial charge in [0.2, 0.25) is 11.8 Å². The number of carboxylic acid groups (broad SMARTS) is 1. The molecule has 208 valence electrons. The number of aryl methyl sites for hydroxylation is 1. The first-order valence-corrected chi connectivity index (χ1v) is 12.9. The predicted octanol–water partition coefficient (Wildman–Crippen LogP) is 3.78. The van der Waals surface area contributed by atoms with Crippen molar-refractivity contribution in [2.75, 3.05) is 7.05 Å². The van der Waals surface area contributed by atoms with Crippen molar-refractivity contribution in [3.8, 4) is 0 Å².